The van der Waals surface area contributed by atoms with Crippen LogP contribution in [-0.2, 0) is 6.42 Å². The smallest absolute Gasteiger partial charge is 0.123 e. The van der Waals surface area contributed by atoms with Crippen molar-refractivity contribution in [2.75, 3.05) is 26.0 Å². The monoisotopic (exact) mass is 286 g/mol. The molecule has 3 heteroatoms. The lowest BCUT2D eigenvalue weighted by Gasteiger charge is -2.20. The Labute approximate surface area is 126 Å². The second kappa shape index (κ2) is 6.72. The minimum atomic E-state index is -0.174. The van der Waals surface area contributed by atoms with Gasteiger partial charge in [-0.1, -0.05) is 18.2 Å². The number of aryl methyl sites for hydroxylation is 1. The van der Waals surface area contributed by atoms with E-state index in [-0.39, 0.29) is 11.9 Å². The fourth-order valence-electron chi connectivity index (χ4n) is 2.50. The van der Waals surface area contributed by atoms with Gasteiger partial charge in [0.15, 0.2) is 0 Å². The molecule has 1 N–H and O–H groups in total. The van der Waals surface area contributed by atoms with Crippen molar-refractivity contribution in [2.45, 2.75) is 19.4 Å². The Morgan fingerprint density at radius 2 is 1.76 bits per heavy atom. The quantitative estimate of drug-likeness (QED) is 0.901. The summed E-state index contributed by atoms with van der Waals surface area (Å²) < 4.78 is 13.2. The third kappa shape index (κ3) is 3.82. The van der Waals surface area contributed by atoms with Crippen molar-refractivity contribution in [1.29, 1.82) is 0 Å². The fraction of sp³-hybridized carbons (Fsp3) is 0.333. The highest BCUT2D eigenvalue weighted by atomic mass is 19.1. The van der Waals surface area contributed by atoms with E-state index in [2.05, 4.69) is 34.5 Å². The van der Waals surface area contributed by atoms with E-state index in [9.17, 15) is 4.39 Å². The van der Waals surface area contributed by atoms with Crippen LogP contribution in [-0.4, -0.2) is 21.1 Å². The summed E-state index contributed by atoms with van der Waals surface area (Å²) in [5.41, 5.74) is 4.60. The molecule has 0 fully saturated rings. The maximum atomic E-state index is 13.2. The predicted octanol–water partition coefficient (Wildman–Crippen LogP) is 3.70. The molecule has 0 heterocycles. The molecule has 0 spiro atoms. The largest absolute Gasteiger partial charge is 0.378 e. The van der Waals surface area contributed by atoms with Crippen molar-refractivity contribution in [3.63, 3.8) is 0 Å². The normalized spacial score (nSPS) is 12.2. The summed E-state index contributed by atoms with van der Waals surface area (Å²) in [5, 5.41) is 3.35. The molecule has 21 heavy (non-hydrogen) atoms. The summed E-state index contributed by atoms with van der Waals surface area (Å²) in [6, 6.07) is 13.8. The SMILES string of the molecule is CNC(Cc1ccc(F)cc1C)c1ccc(N(C)C)cc1. The van der Waals surface area contributed by atoms with Gasteiger partial charge >= 0.3 is 0 Å². The molecule has 1 atom stereocenters. The number of hydrogen-bond acceptors (Lipinski definition) is 2. The Kier molecular flexibility index (Phi) is 4.97. The third-order valence-electron chi connectivity index (χ3n) is 3.89. The van der Waals surface area contributed by atoms with Crippen molar-refractivity contribution in [3.8, 4) is 0 Å². The molecule has 0 bridgehead atoms. The maximum Gasteiger partial charge on any atom is 0.123 e. The van der Waals surface area contributed by atoms with E-state index in [4.69, 9.17) is 0 Å². The molecule has 1 unspecified atom stereocenters. The number of benzene rings is 2. The molecular formula is C18H23FN2. The molecule has 2 nitrogen and oxygen atoms in total. The topological polar surface area (TPSA) is 15.3 Å². The number of nitrogens with zero attached hydrogens (tertiary/aromatic N) is 1. The van der Waals surface area contributed by atoms with E-state index in [1.54, 1.807) is 6.07 Å². The second-order valence-electron chi connectivity index (χ2n) is 5.60. The van der Waals surface area contributed by atoms with Gasteiger partial charge in [-0.25, -0.2) is 4.39 Å². The van der Waals surface area contributed by atoms with E-state index in [0.29, 0.717) is 0 Å². The molecule has 0 saturated heterocycles. The number of hydrogen-bond donors (Lipinski definition) is 1. The lowest BCUT2D eigenvalue weighted by molar-refractivity contribution is 0.587. The van der Waals surface area contributed by atoms with E-state index in [1.807, 2.05) is 34.1 Å². The number of anilines is 1. The fourth-order valence-corrected chi connectivity index (χ4v) is 2.50. The van der Waals surface area contributed by atoms with Gasteiger partial charge in [0.25, 0.3) is 0 Å². The van der Waals surface area contributed by atoms with Crippen LogP contribution in [0.3, 0.4) is 0 Å². The van der Waals surface area contributed by atoms with Crippen LogP contribution in [0.2, 0.25) is 0 Å². The van der Waals surface area contributed by atoms with Gasteiger partial charge in [-0.2, -0.15) is 0 Å². The van der Waals surface area contributed by atoms with E-state index in [1.165, 1.54) is 22.9 Å². The van der Waals surface area contributed by atoms with Crippen molar-refractivity contribution in [2.24, 2.45) is 0 Å². The molecule has 2 aromatic carbocycles. The highest BCUT2D eigenvalue weighted by molar-refractivity contribution is 5.46. The van der Waals surface area contributed by atoms with Gasteiger partial charge < -0.3 is 10.2 Å². The molecule has 0 radical (unpaired) electrons. The van der Waals surface area contributed by atoms with Crippen LogP contribution in [0, 0.1) is 12.7 Å². The molecule has 0 aliphatic carbocycles. The van der Waals surface area contributed by atoms with Crippen molar-refractivity contribution < 1.29 is 4.39 Å². The van der Waals surface area contributed by atoms with Gasteiger partial charge in [-0.15, -0.1) is 0 Å². The zero-order valence-corrected chi connectivity index (χ0v) is 13.2. The van der Waals surface area contributed by atoms with Crippen molar-refractivity contribution >= 4 is 5.69 Å². The summed E-state index contributed by atoms with van der Waals surface area (Å²) in [6.45, 7) is 1.96. The lowest BCUT2D eigenvalue weighted by atomic mass is 9.96. The summed E-state index contributed by atoms with van der Waals surface area (Å²) in [4.78, 5) is 2.09. The van der Waals surface area contributed by atoms with Crippen LogP contribution < -0.4 is 10.2 Å². The van der Waals surface area contributed by atoms with Crippen LogP contribution in [0.5, 0.6) is 0 Å². The first-order valence-electron chi connectivity index (χ1n) is 7.21. The number of halogens is 1. The Morgan fingerprint density at radius 3 is 2.29 bits per heavy atom. The highest BCUT2D eigenvalue weighted by Gasteiger charge is 2.12. The molecule has 0 aliphatic rings. The van der Waals surface area contributed by atoms with Crippen LogP contribution in [0.1, 0.15) is 22.7 Å². The minimum Gasteiger partial charge on any atom is -0.378 e. The molecule has 0 amide bonds. The summed E-state index contributed by atoms with van der Waals surface area (Å²) in [6.07, 6.45) is 0.851. The lowest BCUT2D eigenvalue weighted by Crippen LogP contribution is -2.19. The van der Waals surface area contributed by atoms with Crippen LogP contribution in [0.25, 0.3) is 0 Å². The van der Waals surface area contributed by atoms with E-state index < -0.39 is 0 Å². The number of nitrogens with one attached hydrogen (secondary N) is 1. The standard InChI is InChI=1S/C18H23FN2/c1-13-11-16(19)8-5-15(13)12-18(20-2)14-6-9-17(10-7-14)21(3)4/h5-11,18,20H,12H2,1-4H3. The van der Waals surface area contributed by atoms with Gasteiger partial charge in [-0.05, 0) is 61.3 Å². The Balaban J connectivity index is 2.19. The Morgan fingerprint density at radius 1 is 1.10 bits per heavy atom. The number of likely N-dealkylation sites (N-methyl/N-ethyl adjacent to an activating group) is 1. The van der Waals surface area contributed by atoms with Gasteiger partial charge in [0.1, 0.15) is 5.82 Å². The first-order valence-corrected chi connectivity index (χ1v) is 7.21. The third-order valence-corrected chi connectivity index (χ3v) is 3.89. The average Bonchev–Trinajstić information content (AvgIpc) is 2.47. The first-order chi connectivity index (χ1) is 10.0. The molecule has 112 valence electrons. The van der Waals surface area contributed by atoms with Crippen LogP contribution in [0.4, 0.5) is 10.1 Å². The number of rotatable bonds is 5. The van der Waals surface area contributed by atoms with Gasteiger partial charge in [-0.3, -0.25) is 0 Å². The summed E-state index contributed by atoms with van der Waals surface area (Å²) in [7, 11) is 6.03. The Bertz CT molecular complexity index is 591. The van der Waals surface area contributed by atoms with Crippen LogP contribution in [0.15, 0.2) is 42.5 Å². The van der Waals surface area contributed by atoms with Gasteiger partial charge in [0.05, 0.1) is 0 Å². The molecule has 0 aliphatic heterocycles. The van der Waals surface area contributed by atoms with E-state index in [0.717, 1.165) is 12.0 Å². The van der Waals surface area contributed by atoms with Gasteiger partial charge in [0, 0.05) is 25.8 Å². The Hall–Kier alpha value is -1.87. The summed E-state index contributed by atoms with van der Waals surface area (Å²) in [5.74, 6) is -0.174. The average molecular weight is 286 g/mol. The van der Waals surface area contributed by atoms with E-state index >= 15 is 0 Å². The zero-order valence-electron chi connectivity index (χ0n) is 13.2. The van der Waals surface area contributed by atoms with Crippen molar-refractivity contribution in [3.05, 3.63) is 65.0 Å². The summed E-state index contributed by atoms with van der Waals surface area (Å²) >= 11 is 0. The molecular weight excluding hydrogens is 263 g/mol. The predicted molar refractivity (Wildman–Crippen MR) is 87.4 cm³/mol. The molecule has 2 rings (SSSR count). The molecule has 0 aromatic heterocycles. The molecule has 0 saturated carbocycles. The zero-order chi connectivity index (χ0) is 15.4. The van der Waals surface area contributed by atoms with Gasteiger partial charge in [0.2, 0.25) is 0 Å². The van der Waals surface area contributed by atoms with Crippen molar-refractivity contribution in [1.82, 2.24) is 5.32 Å². The van der Waals surface area contributed by atoms with Crippen LogP contribution >= 0.6 is 0 Å². The maximum absolute atomic E-state index is 13.2. The minimum absolute atomic E-state index is 0.174. The second-order valence-corrected chi connectivity index (χ2v) is 5.60. The molecule has 2 aromatic rings. The highest BCUT2D eigenvalue weighted by Crippen LogP contribution is 2.23. The first kappa shape index (κ1) is 15.5.